The molecule has 0 aliphatic carbocycles. The Bertz CT molecular complexity index is 1110. The maximum atomic E-state index is 12.3. The van der Waals surface area contributed by atoms with E-state index >= 15 is 0 Å². The molecule has 1 aromatic carbocycles. The Morgan fingerprint density at radius 1 is 1.20 bits per heavy atom. The molecule has 1 aliphatic rings. The van der Waals surface area contributed by atoms with Crippen LogP contribution in [-0.2, 0) is 4.79 Å². The third-order valence-electron chi connectivity index (χ3n) is 5.35. The van der Waals surface area contributed by atoms with Crippen molar-refractivity contribution in [2.24, 2.45) is 0 Å². The lowest BCUT2D eigenvalue weighted by molar-refractivity contribution is -0.117. The molecular formula is C22H23N5O3. The van der Waals surface area contributed by atoms with E-state index in [1.165, 1.54) is 12.3 Å². The van der Waals surface area contributed by atoms with E-state index in [0.29, 0.717) is 12.2 Å². The minimum atomic E-state index is -1.01. The SMILES string of the molecule is CC(=O)N1c2ccc(-n3cnc(C)c3)cc2[C@H](Nc2ccc(C(=O)O)cn2)C[C@@H]1C. The highest BCUT2D eigenvalue weighted by atomic mass is 16.4. The highest BCUT2D eigenvalue weighted by molar-refractivity contribution is 5.94. The summed E-state index contributed by atoms with van der Waals surface area (Å²) in [6.45, 7) is 5.53. The average Bonchev–Trinajstić information content (AvgIpc) is 3.14. The molecule has 2 atom stereocenters. The van der Waals surface area contributed by atoms with Crippen molar-refractivity contribution in [3.8, 4) is 5.69 Å². The molecule has 0 unspecified atom stereocenters. The molecule has 0 radical (unpaired) electrons. The van der Waals surface area contributed by atoms with Crippen LogP contribution in [-0.4, -0.2) is 37.6 Å². The first kappa shape index (κ1) is 19.6. The van der Waals surface area contributed by atoms with Crippen LogP contribution in [0.1, 0.15) is 47.9 Å². The van der Waals surface area contributed by atoms with Gasteiger partial charge in [-0.15, -0.1) is 0 Å². The molecule has 1 amide bonds. The zero-order valence-corrected chi connectivity index (χ0v) is 17.0. The summed E-state index contributed by atoms with van der Waals surface area (Å²) in [5.74, 6) is -0.427. The van der Waals surface area contributed by atoms with Gasteiger partial charge in [-0.3, -0.25) is 4.79 Å². The molecular weight excluding hydrogens is 382 g/mol. The lowest BCUT2D eigenvalue weighted by Gasteiger charge is -2.39. The first-order valence-electron chi connectivity index (χ1n) is 9.74. The van der Waals surface area contributed by atoms with Gasteiger partial charge >= 0.3 is 5.97 Å². The number of aromatic carboxylic acids is 1. The van der Waals surface area contributed by atoms with E-state index in [9.17, 15) is 9.59 Å². The maximum absolute atomic E-state index is 12.3. The summed E-state index contributed by atoms with van der Waals surface area (Å²) >= 11 is 0. The normalized spacial score (nSPS) is 18.0. The smallest absolute Gasteiger partial charge is 0.337 e. The summed E-state index contributed by atoms with van der Waals surface area (Å²) in [5, 5.41) is 12.5. The molecule has 2 aromatic heterocycles. The Hall–Kier alpha value is -3.68. The number of fused-ring (bicyclic) bond motifs is 1. The number of carbonyl (C=O) groups excluding carboxylic acids is 1. The molecule has 3 heterocycles. The standard InChI is InChI=1S/C22H23N5O3/c1-13-11-26(12-24-13)17-5-6-20-18(9-17)19(8-14(2)27(20)15(3)28)25-21-7-4-16(10-23-21)22(29)30/h4-7,9-12,14,19H,8H2,1-3H3,(H,23,25)(H,29,30)/t14-,19+/m0/s1. The Labute approximate surface area is 174 Å². The number of aromatic nitrogens is 3. The van der Waals surface area contributed by atoms with Crippen molar-refractivity contribution in [3.05, 3.63) is 65.9 Å². The van der Waals surface area contributed by atoms with Crippen LogP contribution in [0, 0.1) is 6.92 Å². The molecule has 8 heteroatoms. The van der Waals surface area contributed by atoms with Gasteiger partial charge in [0.2, 0.25) is 5.91 Å². The van der Waals surface area contributed by atoms with E-state index in [0.717, 1.165) is 22.6 Å². The fraction of sp³-hybridized carbons (Fsp3) is 0.273. The third kappa shape index (κ3) is 3.63. The van der Waals surface area contributed by atoms with E-state index in [2.05, 4.69) is 21.4 Å². The number of nitrogens with one attached hydrogen (secondary N) is 1. The van der Waals surface area contributed by atoms with E-state index in [4.69, 9.17) is 5.11 Å². The van der Waals surface area contributed by atoms with Crippen molar-refractivity contribution < 1.29 is 14.7 Å². The number of benzene rings is 1. The summed E-state index contributed by atoms with van der Waals surface area (Å²) in [5.41, 5.74) is 3.86. The Morgan fingerprint density at radius 2 is 2.00 bits per heavy atom. The summed E-state index contributed by atoms with van der Waals surface area (Å²) in [6.07, 6.45) is 5.75. The highest BCUT2D eigenvalue weighted by Gasteiger charge is 2.33. The Kier molecular flexibility index (Phi) is 4.99. The van der Waals surface area contributed by atoms with Crippen molar-refractivity contribution in [3.63, 3.8) is 0 Å². The quantitative estimate of drug-likeness (QED) is 0.688. The lowest BCUT2D eigenvalue weighted by Crippen LogP contribution is -2.43. The Morgan fingerprint density at radius 3 is 2.60 bits per heavy atom. The number of imidazole rings is 1. The van der Waals surface area contributed by atoms with Crippen molar-refractivity contribution in [1.82, 2.24) is 14.5 Å². The minimum absolute atomic E-state index is 0.00244. The van der Waals surface area contributed by atoms with Gasteiger partial charge in [0.1, 0.15) is 5.82 Å². The second kappa shape index (κ2) is 7.62. The first-order chi connectivity index (χ1) is 14.3. The average molecular weight is 405 g/mol. The van der Waals surface area contributed by atoms with Gasteiger partial charge in [-0.25, -0.2) is 14.8 Å². The van der Waals surface area contributed by atoms with E-state index in [1.807, 2.05) is 41.6 Å². The van der Waals surface area contributed by atoms with Gasteiger partial charge in [-0.2, -0.15) is 0 Å². The second-order valence-corrected chi connectivity index (χ2v) is 7.57. The van der Waals surface area contributed by atoms with Gasteiger partial charge in [0.25, 0.3) is 0 Å². The molecule has 30 heavy (non-hydrogen) atoms. The van der Waals surface area contributed by atoms with Crippen LogP contribution in [0.3, 0.4) is 0 Å². The number of carboxylic acids is 1. The molecule has 0 saturated carbocycles. The fourth-order valence-electron chi connectivity index (χ4n) is 3.98. The van der Waals surface area contributed by atoms with Crippen molar-refractivity contribution in [1.29, 1.82) is 0 Å². The fourth-order valence-corrected chi connectivity index (χ4v) is 3.98. The largest absolute Gasteiger partial charge is 0.478 e. The van der Waals surface area contributed by atoms with Crippen LogP contribution in [0.4, 0.5) is 11.5 Å². The molecule has 0 spiro atoms. The number of carboxylic acid groups (broad SMARTS) is 1. The van der Waals surface area contributed by atoms with E-state index < -0.39 is 5.97 Å². The third-order valence-corrected chi connectivity index (χ3v) is 5.35. The number of pyridine rings is 1. The van der Waals surface area contributed by atoms with Crippen LogP contribution >= 0.6 is 0 Å². The predicted molar refractivity (Wildman–Crippen MR) is 113 cm³/mol. The molecule has 154 valence electrons. The van der Waals surface area contributed by atoms with E-state index in [-0.39, 0.29) is 23.6 Å². The van der Waals surface area contributed by atoms with Crippen LogP contribution in [0.15, 0.2) is 49.1 Å². The molecule has 1 aliphatic heterocycles. The number of carbonyl (C=O) groups is 2. The Balaban J connectivity index is 1.73. The number of nitrogens with zero attached hydrogens (tertiary/aromatic N) is 4. The maximum Gasteiger partial charge on any atom is 0.337 e. The van der Waals surface area contributed by atoms with Gasteiger partial charge in [0.05, 0.1) is 23.6 Å². The monoisotopic (exact) mass is 405 g/mol. The molecule has 4 rings (SSSR count). The number of hydrogen-bond donors (Lipinski definition) is 2. The topological polar surface area (TPSA) is 100 Å². The molecule has 3 aromatic rings. The minimum Gasteiger partial charge on any atom is -0.478 e. The van der Waals surface area contributed by atoms with Gasteiger partial charge < -0.3 is 19.9 Å². The van der Waals surface area contributed by atoms with Gasteiger partial charge in [-0.1, -0.05) is 0 Å². The summed E-state index contributed by atoms with van der Waals surface area (Å²) in [6, 6.07) is 9.11. The number of aryl methyl sites for hydroxylation is 1. The van der Waals surface area contributed by atoms with Gasteiger partial charge in [0, 0.05) is 42.3 Å². The molecule has 0 fully saturated rings. The first-order valence-corrected chi connectivity index (χ1v) is 9.74. The molecule has 8 nitrogen and oxygen atoms in total. The molecule has 2 N–H and O–H groups in total. The zero-order chi connectivity index (χ0) is 21.4. The van der Waals surface area contributed by atoms with Crippen molar-refractivity contribution in [2.75, 3.05) is 10.2 Å². The molecule has 0 bridgehead atoms. The van der Waals surface area contributed by atoms with Crippen molar-refractivity contribution in [2.45, 2.75) is 39.3 Å². The van der Waals surface area contributed by atoms with Crippen LogP contribution in [0.2, 0.25) is 0 Å². The van der Waals surface area contributed by atoms with Crippen LogP contribution < -0.4 is 10.2 Å². The van der Waals surface area contributed by atoms with Gasteiger partial charge in [0.15, 0.2) is 0 Å². The van der Waals surface area contributed by atoms with Crippen molar-refractivity contribution >= 4 is 23.4 Å². The zero-order valence-electron chi connectivity index (χ0n) is 17.0. The second-order valence-electron chi connectivity index (χ2n) is 7.57. The van der Waals surface area contributed by atoms with Gasteiger partial charge in [-0.05, 0) is 50.6 Å². The lowest BCUT2D eigenvalue weighted by atomic mass is 9.91. The number of rotatable bonds is 4. The summed E-state index contributed by atoms with van der Waals surface area (Å²) < 4.78 is 1.95. The number of anilines is 2. The predicted octanol–water partition coefficient (Wildman–Crippen LogP) is 3.57. The summed E-state index contributed by atoms with van der Waals surface area (Å²) in [4.78, 5) is 33.7. The summed E-state index contributed by atoms with van der Waals surface area (Å²) in [7, 11) is 0. The molecule has 0 saturated heterocycles. The van der Waals surface area contributed by atoms with Crippen LogP contribution in [0.5, 0.6) is 0 Å². The number of hydrogen-bond acceptors (Lipinski definition) is 5. The van der Waals surface area contributed by atoms with Crippen LogP contribution in [0.25, 0.3) is 5.69 Å². The highest BCUT2D eigenvalue weighted by Crippen LogP contribution is 2.40. The number of amides is 1. The van der Waals surface area contributed by atoms with E-state index in [1.54, 1.807) is 19.3 Å².